The summed E-state index contributed by atoms with van der Waals surface area (Å²) >= 11 is 0. The molecule has 1 aromatic carbocycles. The first-order valence-corrected chi connectivity index (χ1v) is 6.27. The van der Waals surface area contributed by atoms with E-state index in [0.29, 0.717) is 29.3 Å². The first kappa shape index (κ1) is 12.5. The largest absolute Gasteiger partial charge is 0.476 e. The second kappa shape index (κ2) is 4.84. The standard InChI is InChI=1S/C13H13N3O4/c1-2-5-16-12(11(13(17)18)14-15-16)8-3-4-9-10(6-8)20-7-19-9/h3-4,6H,2,5,7H2,1H3,(H,17,18). The molecular formula is C13H13N3O4. The van der Waals surface area contributed by atoms with Crippen molar-refractivity contribution in [1.29, 1.82) is 0 Å². The molecule has 0 aliphatic carbocycles. The number of carboxylic acids is 1. The highest BCUT2D eigenvalue weighted by atomic mass is 16.7. The van der Waals surface area contributed by atoms with Crippen molar-refractivity contribution < 1.29 is 19.4 Å². The Morgan fingerprint density at radius 3 is 2.95 bits per heavy atom. The Morgan fingerprint density at radius 1 is 1.40 bits per heavy atom. The molecule has 2 aromatic rings. The maximum absolute atomic E-state index is 11.3. The van der Waals surface area contributed by atoms with Crippen LogP contribution in [0, 0.1) is 0 Å². The number of rotatable bonds is 4. The molecule has 0 atom stereocenters. The number of carboxylic acid groups (broad SMARTS) is 1. The molecule has 0 amide bonds. The number of fused-ring (bicyclic) bond motifs is 1. The zero-order chi connectivity index (χ0) is 14.1. The molecule has 20 heavy (non-hydrogen) atoms. The number of nitrogens with zero attached hydrogens (tertiary/aromatic N) is 3. The van der Waals surface area contributed by atoms with Crippen LogP contribution in [0.15, 0.2) is 18.2 Å². The van der Waals surface area contributed by atoms with Crippen LogP contribution in [-0.4, -0.2) is 32.9 Å². The number of aryl methyl sites for hydroxylation is 1. The van der Waals surface area contributed by atoms with Gasteiger partial charge in [0.25, 0.3) is 0 Å². The highest BCUT2D eigenvalue weighted by molar-refractivity contribution is 5.92. The first-order chi connectivity index (χ1) is 9.70. The van der Waals surface area contributed by atoms with E-state index in [2.05, 4.69) is 10.3 Å². The fourth-order valence-corrected chi connectivity index (χ4v) is 2.15. The summed E-state index contributed by atoms with van der Waals surface area (Å²) in [5.41, 5.74) is 1.13. The Bertz CT molecular complexity index is 666. The van der Waals surface area contributed by atoms with E-state index in [1.54, 1.807) is 22.9 Å². The van der Waals surface area contributed by atoms with Crippen LogP contribution < -0.4 is 9.47 Å². The zero-order valence-corrected chi connectivity index (χ0v) is 10.9. The van der Waals surface area contributed by atoms with Gasteiger partial charge in [-0.15, -0.1) is 5.10 Å². The van der Waals surface area contributed by atoms with E-state index < -0.39 is 5.97 Å². The number of benzene rings is 1. The lowest BCUT2D eigenvalue weighted by molar-refractivity contribution is 0.0691. The minimum absolute atomic E-state index is 0.0580. The van der Waals surface area contributed by atoms with Crippen molar-refractivity contribution in [2.75, 3.05) is 6.79 Å². The SMILES string of the molecule is CCCn1nnc(C(=O)O)c1-c1ccc2c(c1)OCO2. The lowest BCUT2D eigenvalue weighted by atomic mass is 10.1. The predicted molar refractivity (Wildman–Crippen MR) is 68.8 cm³/mol. The highest BCUT2D eigenvalue weighted by Crippen LogP contribution is 2.36. The van der Waals surface area contributed by atoms with Crippen LogP contribution in [0.2, 0.25) is 0 Å². The van der Waals surface area contributed by atoms with E-state index in [1.165, 1.54) is 0 Å². The molecule has 0 saturated heterocycles. The van der Waals surface area contributed by atoms with E-state index in [9.17, 15) is 9.90 Å². The molecule has 104 valence electrons. The third-order valence-corrected chi connectivity index (χ3v) is 3.02. The number of ether oxygens (including phenoxy) is 2. The van der Waals surface area contributed by atoms with Gasteiger partial charge in [-0.2, -0.15) is 0 Å². The van der Waals surface area contributed by atoms with Crippen LogP contribution in [0.5, 0.6) is 11.5 Å². The van der Waals surface area contributed by atoms with E-state index >= 15 is 0 Å². The number of hydrogen-bond donors (Lipinski definition) is 1. The summed E-state index contributed by atoms with van der Waals surface area (Å²) in [6, 6.07) is 5.29. The predicted octanol–water partition coefficient (Wildman–Crippen LogP) is 1.78. The third kappa shape index (κ3) is 1.97. The van der Waals surface area contributed by atoms with Crippen LogP contribution in [0.25, 0.3) is 11.3 Å². The molecule has 1 aliphatic heterocycles. The highest BCUT2D eigenvalue weighted by Gasteiger charge is 2.22. The van der Waals surface area contributed by atoms with Gasteiger partial charge >= 0.3 is 5.97 Å². The molecule has 7 nitrogen and oxygen atoms in total. The Kier molecular flexibility index (Phi) is 3.02. The number of hydrogen-bond acceptors (Lipinski definition) is 5. The molecule has 1 aromatic heterocycles. The molecular weight excluding hydrogens is 262 g/mol. The van der Waals surface area contributed by atoms with E-state index in [4.69, 9.17) is 9.47 Å². The summed E-state index contributed by atoms with van der Waals surface area (Å²) in [6.45, 7) is 2.77. The monoisotopic (exact) mass is 275 g/mol. The van der Waals surface area contributed by atoms with E-state index in [-0.39, 0.29) is 12.5 Å². The molecule has 0 bridgehead atoms. The van der Waals surface area contributed by atoms with Gasteiger partial charge in [0.1, 0.15) is 5.69 Å². The van der Waals surface area contributed by atoms with Gasteiger partial charge in [0, 0.05) is 12.1 Å². The van der Waals surface area contributed by atoms with Crippen molar-refractivity contribution in [2.45, 2.75) is 19.9 Å². The maximum atomic E-state index is 11.3. The molecule has 0 radical (unpaired) electrons. The third-order valence-electron chi connectivity index (χ3n) is 3.02. The van der Waals surface area contributed by atoms with Gasteiger partial charge in [-0.25, -0.2) is 9.48 Å². The lowest BCUT2D eigenvalue weighted by Gasteiger charge is -2.07. The minimum atomic E-state index is -1.10. The van der Waals surface area contributed by atoms with Gasteiger partial charge in [-0.3, -0.25) is 0 Å². The van der Waals surface area contributed by atoms with Gasteiger partial charge in [0.2, 0.25) is 6.79 Å². The fraction of sp³-hybridized carbons (Fsp3) is 0.308. The summed E-state index contributed by atoms with van der Waals surface area (Å²) in [5.74, 6) is 0.156. The molecule has 0 saturated carbocycles. The minimum Gasteiger partial charge on any atom is -0.476 e. The smallest absolute Gasteiger partial charge is 0.358 e. The zero-order valence-electron chi connectivity index (χ0n) is 10.9. The normalized spacial score (nSPS) is 12.7. The van der Waals surface area contributed by atoms with Crippen molar-refractivity contribution >= 4 is 5.97 Å². The Balaban J connectivity index is 2.12. The molecule has 7 heteroatoms. The van der Waals surface area contributed by atoms with Crippen LogP contribution >= 0.6 is 0 Å². The van der Waals surface area contributed by atoms with Gasteiger partial charge in [-0.1, -0.05) is 12.1 Å². The van der Waals surface area contributed by atoms with Crippen LogP contribution in [-0.2, 0) is 6.54 Å². The van der Waals surface area contributed by atoms with E-state index in [0.717, 1.165) is 6.42 Å². The molecule has 0 unspecified atom stereocenters. The first-order valence-electron chi connectivity index (χ1n) is 6.27. The van der Waals surface area contributed by atoms with Gasteiger partial charge in [0.05, 0.1) is 0 Å². The molecule has 3 rings (SSSR count). The second-order valence-corrected chi connectivity index (χ2v) is 4.38. The topological polar surface area (TPSA) is 86.5 Å². The quantitative estimate of drug-likeness (QED) is 0.915. The summed E-state index contributed by atoms with van der Waals surface area (Å²) in [7, 11) is 0. The summed E-state index contributed by atoms with van der Waals surface area (Å²) in [4.78, 5) is 11.3. The summed E-state index contributed by atoms with van der Waals surface area (Å²) < 4.78 is 12.2. The molecule has 1 N–H and O–H groups in total. The van der Waals surface area contributed by atoms with Crippen molar-refractivity contribution in [2.24, 2.45) is 0 Å². The molecule has 0 fully saturated rings. The summed E-state index contributed by atoms with van der Waals surface area (Å²) in [5, 5.41) is 16.9. The van der Waals surface area contributed by atoms with Crippen molar-refractivity contribution in [3.05, 3.63) is 23.9 Å². The average molecular weight is 275 g/mol. The van der Waals surface area contributed by atoms with Crippen molar-refractivity contribution in [3.63, 3.8) is 0 Å². The Hall–Kier alpha value is -2.57. The average Bonchev–Trinajstić information content (AvgIpc) is 3.04. The van der Waals surface area contributed by atoms with Gasteiger partial charge < -0.3 is 14.6 Å². The second-order valence-electron chi connectivity index (χ2n) is 4.38. The lowest BCUT2D eigenvalue weighted by Crippen LogP contribution is -2.04. The number of aromatic nitrogens is 3. The fourth-order valence-electron chi connectivity index (χ4n) is 2.15. The Morgan fingerprint density at radius 2 is 2.20 bits per heavy atom. The van der Waals surface area contributed by atoms with Crippen LogP contribution in [0.3, 0.4) is 0 Å². The van der Waals surface area contributed by atoms with Gasteiger partial charge in [-0.05, 0) is 24.6 Å². The molecule has 2 heterocycles. The number of carbonyl (C=O) groups is 1. The maximum Gasteiger partial charge on any atom is 0.358 e. The van der Waals surface area contributed by atoms with Crippen molar-refractivity contribution in [1.82, 2.24) is 15.0 Å². The van der Waals surface area contributed by atoms with Crippen molar-refractivity contribution in [3.8, 4) is 22.8 Å². The summed E-state index contributed by atoms with van der Waals surface area (Å²) in [6.07, 6.45) is 0.833. The number of aromatic carboxylic acids is 1. The molecule has 0 spiro atoms. The van der Waals surface area contributed by atoms with Crippen LogP contribution in [0.4, 0.5) is 0 Å². The van der Waals surface area contributed by atoms with Gasteiger partial charge in [0.15, 0.2) is 17.2 Å². The van der Waals surface area contributed by atoms with E-state index in [1.807, 2.05) is 6.92 Å². The van der Waals surface area contributed by atoms with Crippen LogP contribution in [0.1, 0.15) is 23.8 Å². The molecule has 1 aliphatic rings. The Labute approximate surface area is 114 Å².